The lowest BCUT2D eigenvalue weighted by Crippen LogP contribution is -2.45. The van der Waals surface area contributed by atoms with E-state index >= 15 is 0 Å². The van der Waals surface area contributed by atoms with E-state index in [4.69, 9.17) is 11.0 Å². The summed E-state index contributed by atoms with van der Waals surface area (Å²) in [5, 5.41) is 9.52. The monoisotopic (exact) mass is 248 g/mol. The van der Waals surface area contributed by atoms with E-state index in [9.17, 15) is 0 Å². The van der Waals surface area contributed by atoms with E-state index in [0.29, 0.717) is 22.7 Å². The lowest BCUT2D eigenvalue weighted by Gasteiger charge is -2.38. The maximum Gasteiger partial charge on any atom is 0.165 e. The molecule has 2 heterocycles. The number of nitrogen functional groups attached to an aromatic ring is 1. The van der Waals surface area contributed by atoms with Crippen molar-refractivity contribution < 1.29 is 0 Å². The smallest absolute Gasteiger partial charge is 0.165 e. The number of hydrogen-bond acceptors (Lipinski definition) is 5. The van der Waals surface area contributed by atoms with Gasteiger partial charge in [0.2, 0.25) is 0 Å². The Morgan fingerprint density at radius 1 is 1.53 bits per heavy atom. The largest absolute Gasteiger partial charge is 0.396 e. The molecule has 2 rings (SSSR count). The van der Waals surface area contributed by atoms with Gasteiger partial charge >= 0.3 is 0 Å². The van der Waals surface area contributed by atoms with Crippen molar-refractivity contribution in [2.45, 2.75) is 25.1 Å². The molecule has 1 aliphatic rings. The first-order valence-electron chi connectivity index (χ1n) is 5.68. The van der Waals surface area contributed by atoms with Gasteiger partial charge in [-0.2, -0.15) is 17.0 Å². The molecule has 0 radical (unpaired) electrons. The van der Waals surface area contributed by atoms with Crippen molar-refractivity contribution in [3.63, 3.8) is 0 Å². The predicted octanol–water partition coefficient (Wildman–Crippen LogP) is 1.87. The number of thioether (sulfide) groups is 1. The van der Waals surface area contributed by atoms with Gasteiger partial charge in [0.1, 0.15) is 11.9 Å². The van der Waals surface area contributed by atoms with Crippen LogP contribution in [-0.4, -0.2) is 28.6 Å². The van der Waals surface area contributed by atoms with E-state index in [-0.39, 0.29) is 0 Å². The molecule has 4 nitrogen and oxygen atoms in total. The highest BCUT2D eigenvalue weighted by atomic mass is 32.2. The molecule has 0 spiro atoms. The van der Waals surface area contributed by atoms with Crippen LogP contribution in [0.5, 0.6) is 0 Å². The number of hydrogen-bond donors (Lipinski definition) is 1. The number of pyridine rings is 1. The van der Waals surface area contributed by atoms with Gasteiger partial charge < -0.3 is 10.6 Å². The molecule has 17 heavy (non-hydrogen) atoms. The van der Waals surface area contributed by atoms with E-state index in [1.807, 2.05) is 23.9 Å². The van der Waals surface area contributed by atoms with Crippen LogP contribution in [0.1, 0.15) is 19.5 Å². The topological polar surface area (TPSA) is 65.9 Å². The van der Waals surface area contributed by atoms with Crippen molar-refractivity contribution in [2.75, 3.05) is 22.9 Å². The molecule has 0 aliphatic carbocycles. The Kier molecular flexibility index (Phi) is 3.43. The van der Waals surface area contributed by atoms with Crippen LogP contribution in [0.25, 0.3) is 0 Å². The summed E-state index contributed by atoms with van der Waals surface area (Å²) in [7, 11) is 0. The number of aromatic nitrogens is 1. The second kappa shape index (κ2) is 4.84. The van der Waals surface area contributed by atoms with Gasteiger partial charge in [-0.1, -0.05) is 6.92 Å². The van der Waals surface area contributed by atoms with Gasteiger partial charge in [-0.25, -0.2) is 4.98 Å². The standard InChI is InChI=1S/C12H16N4S/c1-8-9(2)17-6-5-16(8)12-4-3-10(14)11(7-13)15-12/h3-4,8-9H,5-6,14H2,1-2H3. The zero-order chi connectivity index (χ0) is 12.4. The molecule has 2 unspecified atom stereocenters. The van der Waals surface area contributed by atoms with Crippen LogP contribution in [0.3, 0.4) is 0 Å². The first kappa shape index (κ1) is 12.1. The summed E-state index contributed by atoms with van der Waals surface area (Å²) in [5.74, 6) is 1.95. The lowest BCUT2D eigenvalue weighted by molar-refractivity contribution is 0.620. The van der Waals surface area contributed by atoms with Crippen molar-refractivity contribution in [1.82, 2.24) is 4.98 Å². The molecule has 2 atom stereocenters. The summed E-state index contributed by atoms with van der Waals surface area (Å²) in [6, 6.07) is 6.12. The molecule has 1 aromatic rings. The summed E-state index contributed by atoms with van der Waals surface area (Å²) >= 11 is 1.98. The van der Waals surface area contributed by atoms with Gasteiger partial charge in [-0.05, 0) is 19.1 Å². The molecular weight excluding hydrogens is 232 g/mol. The molecule has 1 aromatic heterocycles. The van der Waals surface area contributed by atoms with Gasteiger partial charge in [0.05, 0.1) is 5.69 Å². The molecule has 0 saturated carbocycles. The third-order valence-electron chi connectivity index (χ3n) is 3.20. The number of anilines is 2. The van der Waals surface area contributed by atoms with E-state index < -0.39 is 0 Å². The fourth-order valence-corrected chi connectivity index (χ4v) is 3.06. The molecule has 2 N–H and O–H groups in total. The first-order chi connectivity index (χ1) is 8.13. The molecule has 1 fully saturated rings. The van der Waals surface area contributed by atoms with Crippen LogP contribution < -0.4 is 10.6 Å². The summed E-state index contributed by atoms with van der Waals surface area (Å²) < 4.78 is 0. The second-order valence-corrected chi connectivity index (χ2v) is 5.71. The quantitative estimate of drug-likeness (QED) is 0.821. The lowest BCUT2D eigenvalue weighted by atomic mass is 10.2. The maximum atomic E-state index is 8.94. The highest BCUT2D eigenvalue weighted by Gasteiger charge is 2.26. The van der Waals surface area contributed by atoms with Crippen LogP contribution in [0, 0.1) is 11.3 Å². The summed E-state index contributed by atoms with van der Waals surface area (Å²) in [6.45, 7) is 5.39. The number of nitrogens with two attached hydrogens (primary N) is 1. The summed E-state index contributed by atoms with van der Waals surface area (Å²) in [4.78, 5) is 6.58. The SMILES string of the molecule is CC1SCCN(c2ccc(N)c(C#N)n2)C1C. The highest BCUT2D eigenvalue weighted by Crippen LogP contribution is 2.28. The normalized spacial score (nSPS) is 24.4. The van der Waals surface area contributed by atoms with Crippen molar-refractivity contribution in [2.24, 2.45) is 0 Å². The Hall–Kier alpha value is -1.41. The predicted molar refractivity (Wildman–Crippen MR) is 72.1 cm³/mol. The average Bonchev–Trinajstić information content (AvgIpc) is 2.34. The fraction of sp³-hybridized carbons (Fsp3) is 0.500. The van der Waals surface area contributed by atoms with Gasteiger partial charge in [0.15, 0.2) is 5.69 Å². The van der Waals surface area contributed by atoms with Crippen LogP contribution in [-0.2, 0) is 0 Å². The molecule has 0 amide bonds. The minimum atomic E-state index is 0.320. The Morgan fingerprint density at radius 2 is 2.29 bits per heavy atom. The molecule has 90 valence electrons. The van der Waals surface area contributed by atoms with Crippen LogP contribution in [0.2, 0.25) is 0 Å². The average molecular weight is 248 g/mol. The summed E-state index contributed by atoms with van der Waals surface area (Å²) in [6.07, 6.45) is 0. The van der Waals surface area contributed by atoms with E-state index in [0.717, 1.165) is 18.1 Å². The number of nitrogens with zero attached hydrogens (tertiary/aromatic N) is 3. The van der Waals surface area contributed by atoms with Crippen molar-refractivity contribution >= 4 is 23.3 Å². The second-order valence-electron chi connectivity index (χ2n) is 4.23. The van der Waals surface area contributed by atoms with Gasteiger partial charge in [-0.3, -0.25) is 0 Å². The van der Waals surface area contributed by atoms with Crippen molar-refractivity contribution in [3.05, 3.63) is 17.8 Å². The van der Waals surface area contributed by atoms with Gasteiger partial charge in [0.25, 0.3) is 0 Å². The first-order valence-corrected chi connectivity index (χ1v) is 6.73. The Bertz CT molecular complexity index is 454. The van der Waals surface area contributed by atoms with E-state index in [2.05, 4.69) is 23.7 Å². The van der Waals surface area contributed by atoms with Crippen LogP contribution in [0.15, 0.2) is 12.1 Å². The molecule has 1 aliphatic heterocycles. The highest BCUT2D eigenvalue weighted by molar-refractivity contribution is 8.00. The zero-order valence-corrected chi connectivity index (χ0v) is 10.9. The Balaban J connectivity index is 2.31. The fourth-order valence-electron chi connectivity index (χ4n) is 1.97. The Morgan fingerprint density at radius 3 is 3.00 bits per heavy atom. The van der Waals surface area contributed by atoms with Gasteiger partial charge in [-0.15, -0.1) is 0 Å². The van der Waals surface area contributed by atoms with E-state index in [1.165, 1.54) is 0 Å². The number of nitriles is 1. The molecular formula is C12H16N4S. The minimum Gasteiger partial charge on any atom is -0.396 e. The molecule has 0 aromatic carbocycles. The van der Waals surface area contributed by atoms with Crippen LogP contribution >= 0.6 is 11.8 Å². The van der Waals surface area contributed by atoms with Gasteiger partial charge in [0, 0.05) is 23.6 Å². The summed E-state index contributed by atoms with van der Waals surface area (Å²) in [5.41, 5.74) is 6.45. The Labute approximate surface area is 106 Å². The zero-order valence-electron chi connectivity index (χ0n) is 10.1. The van der Waals surface area contributed by atoms with E-state index in [1.54, 1.807) is 6.07 Å². The number of rotatable bonds is 1. The molecule has 1 saturated heterocycles. The van der Waals surface area contributed by atoms with Crippen molar-refractivity contribution in [3.8, 4) is 6.07 Å². The third-order valence-corrected chi connectivity index (χ3v) is 4.53. The minimum absolute atomic E-state index is 0.320. The molecule has 5 heteroatoms. The molecule has 0 bridgehead atoms. The maximum absolute atomic E-state index is 8.94. The third kappa shape index (κ3) is 2.32. The van der Waals surface area contributed by atoms with Crippen molar-refractivity contribution in [1.29, 1.82) is 5.26 Å². The van der Waals surface area contributed by atoms with Crippen LogP contribution in [0.4, 0.5) is 11.5 Å².